The Kier molecular flexibility index (Phi) is 5.44. The van der Waals surface area contributed by atoms with Crippen LogP contribution in [0.5, 0.6) is 0 Å². The van der Waals surface area contributed by atoms with E-state index in [9.17, 15) is 8.42 Å². The molecule has 0 aliphatic heterocycles. The number of rotatable bonds is 7. The Morgan fingerprint density at radius 1 is 1.00 bits per heavy atom. The highest BCUT2D eigenvalue weighted by molar-refractivity contribution is 7.92. The molecule has 22 heavy (non-hydrogen) atoms. The number of benzene rings is 2. The van der Waals surface area contributed by atoms with Crippen molar-refractivity contribution >= 4 is 21.4 Å². The van der Waals surface area contributed by atoms with E-state index in [1.165, 1.54) is 11.1 Å². The third-order valence-electron chi connectivity index (χ3n) is 3.21. The third-order valence-corrected chi connectivity index (χ3v) is 4.70. The largest absolute Gasteiger partial charge is 0.381 e. The minimum atomic E-state index is -3.23. The molecule has 2 aromatic rings. The lowest BCUT2D eigenvalue weighted by atomic mass is 10.1. The van der Waals surface area contributed by atoms with Gasteiger partial charge in [0.15, 0.2) is 0 Å². The van der Waals surface area contributed by atoms with Crippen LogP contribution in [0.1, 0.15) is 24.5 Å². The maximum absolute atomic E-state index is 11.7. The average molecular weight is 318 g/mol. The van der Waals surface area contributed by atoms with Gasteiger partial charge in [-0.05, 0) is 43.2 Å². The van der Waals surface area contributed by atoms with E-state index in [0.29, 0.717) is 12.1 Å². The van der Waals surface area contributed by atoms with Gasteiger partial charge in [-0.1, -0.05) is 36.8 Å². The van der Waals surface area contributed by atoms with E-state index in [1.807, 2.05) is 25.1 Å². The summed E-state index contributed by atoms with van der Waals surface area (Å²) in [7, 11) is -3.23. The summed E-state index contributed by atoms with van der Waals surface area (Å²) in [6, 6.07) is 15.6. The lowest BCUT2D eigenvalue weighted by molar-refractivity contribution is 0.600. The third kappa shape index (κ3) is 5.07. The van der Waals surface area contributed by atoms with E-state index < -0.39 is 10.0 Å². The molecule has 0 heterocycles. The molecule has 2 N–H and O–H groups in total. The molecule has 118 valence electrons. The maximum Gasteiger partial charge on any atom is 0.232 e. The van der Waals surface area contributed by atoms with Crippen LogP contribution in [-0.4, -0.2) is 14.2 Å². The van der Waals surface area contributed by atoms with Gasteiger partial charge < -0.3 is 5.32 Å². The van der Waals surface area contributed by atoms with E-state index in [-0.39, 0.29) is 5.75 Å². The lowest BCUT2D eigenvalue weighted by Crippen LogP contribution is -2.15. The summed E-state index contributed by atoms with van der Waals surface area (Å²) < 4.78 is 26.0. The molecule has 2 rings (SSSR count). The SMILES string of the molecule is CCCS(=O)(=O)Nc1ccc(NCc2cccc(C)c2)cc1. The summed E-state index contributed by atoms with van der Waals surface area (Å²) in [5.41, 5.74) is 4.00. The van der Waals surface area contributed by atoms with Crippen LogP contribution >= 0.6 is 0 Å². The van der Waals surface area contributed by atoms with Crippen LogP contribution in [0.2, 0.25) is 0 Å². The summed E-state index contributed by atoms with van der Waals surface area (Å²) in [6.45, 7) is 4.65. The summed E-state index contributed by atoms with van der Waals surface area (Å²) >= 11 is 0. The summed E-state index contributed by atoms with van der Waals surface area (Å²) in [6.07, 6.45) is 0.603. The highest BCUT2D eigenvalue weighted by atomic mass is 32.2. The van der Waals surface area contributed by atoms with Crippen molar-refractivity contribution in [1.29, 1.82) is 0 Å². The highest BCUT2D eigenvalue weighted by Gasteiger charge is 2.08. The van der Waals surface area contributed by atoms with Gasteiger partial charge in [0.25, 0.3) is 0 Å². The van der Waals surface area contributed by atoms with Crippen LogP contribution in [-0.2, 0) is 16.6 Å². The summed E-state index contributed by atoms with van der Waals surface area (Å²) in [5, 5.41) is 3.33. The Balaban J connectivity index is 1.94. The monoisotopic (exact) mass is 318 g/mol. The number of sulfonamides is 1. The van der Waals surface area contributed by atoms with E-state index >= 15 is 0 Å². The first-order valence-corrected chi connectivity index (χ1v) is 9.04. The highest BCUT2D eigenvalue weighted by Crippen LogP contribution is 2.16. The van der Waals surface area contributed by atoms with Gasteiger partial charge in [-0.2, -0.15) is 0 Å². The average Bonchev–Trinajstić information content (AvgIpc) is 2.46. The predicted molar refractivity (Wildman–Crippen MR) is 92.6 cm³/mol. The Morgan fingerprint density at radius 2 is 1.68 bits per heavy atom. The first-order valence-electron chi connectivity index (χ1n) is 7.38. The Hall–Kier alpha value is -2.01. The van der Waals surface area contributed by atoms with Crippen molar-refractivity contribution in [3.05, 3.63) is 59.7 Å². The number of hydrogen-bond acceptors (Lipinski definition) is 3. The van der Waals surface area contributed by atoms with Crippen LogP contribution < -0.4 is 10.0 Å². The Labute approximate surface area is 132 Å². The molecule has 0 atom stereocenters. The summed E-state index contributed by atoms with van der Waals surface area (Å²) in [4.78, 5) is 0. The van der Waals surface area contributed by atoms with E-state index in [2.05, 4.69) is 35.2 Å². The molecule has 0 radical (unpaired) electrons. The minimum Gasteiger partial charge on any atom is -0.381 e. The fourth-order valence-electron chi connectivity index (χ4n) is 2.18. The van der Waals surface area contributed by atoms with Gasteiger partial charge in [0.1, 0.15) is 0 Å². The standard InChI is InChI=1S/C17H22N2O2S/c1-3-11-22(20,21)19-17-9-7-16(8-10-17)18-13-15-6-4-5-14(2)12-15/h4-10,12,18-19H,3,11,13H2,1-2H3. The van der Waals surface area contributed by atoms with Crippen molar-refractivity contribution in [3.8, 4) is 0 Å². The van der Waals surface area contributed by atoms with Gasteiger partial charge in [-0.15, -0.1) is 0 Å². The number of nitrogens with one attached hydrogen (secondary N) is 2. The van der Waals surface area contributed by atoms with Gasteiger partial charge in [0, 0.05) is 17.9 Å². The molecule has 4 nitrogen and oxygen atoms in total. The van der Waals surface area contributed by atoms with Crippen LogP contribution in [0, 0.1) is 6.92 Å². The second-order valence-corrected chi connectivity index (χ2v) is 7.18. The molecule has 0 saturated carbocycles. The zero-order chi connectivity index (χ0) is 16.0. The number of anilines is 2. The van der Waals surface area contributed by atoms with Crippen molar-refractivity contribution in [2.24, 2.45) is 0 Å². The second kappa shape index (κ2) is 7.31. The summed E-state index contributed by atoms with van der Waals surface area (Å²) in [5.74, 6) is 0.139. The normalized spacial score (nSPS) is 11.2. The predicted octanol–water partition coefficient (Wildman–Crippen LogP) is 3.76. The van der Waals surface area contributed by atoms with Crippen molar-refractivity contribution in [2.75, 3.05) is 15.8 Å². The Bertz CT molecular complexity index is 710. The van der Waals surface area contributed by atoms with Gasteiger partial charge in [0.05, 0.1) is 5.75 Å². The molecular formula is C17H22N2O2S. The van der Waals surface area contributed by atoms with Crippen LogP contribution in [0.3, 0.4) is 0 Å². The molecule has 0 unspecified atom stereocenters. The fraction of sp³-hybridized carbons (Fsp3) is 0.294. The zero-order valence-electron chi connectivity index (χ0n) is 13.0. The van der Waals surface area contributed by atoms with Gasteiger partial charge in [0.2, 0.25) is 10.0 Å². The van der Waals surface area contributed by atoms with Crippen molar-refractivity contribution in [1.82, 2.24) is 0 Å². The van der Waals surface area contributed by atoms with Crippen molar-refractivity contribution in [3.63, 3.8) is 0 Å². The van der Waals surface area contributed by atoms with Crippen molar-refractivity contribution in [2.45, 2.75) is 26.8 Å². The van der Waals surface area contributed by atoms with E-state index in [1.54, 1.807) is 12.1 Å². The lowest BCUT2D eigenvalue weighted by Gasteiger charge is -2.10. The topological polar surface area (TPSA) is 58.2 Å². The maximum atomic E-state index is 11.7. The van der Waals surface area contributed by atoms with Gasteiger partial charge in [-0.3, -0.25) is 4.72 Å². The van der Waals surface area contributed by atoms with Crippen LogP contribution in [0.25, 0.3) is 0 Å². The van der Waals surface area contributed by atoms with Gasteiger partial charge in [-0.25, -0.2) is 8.42 Å². The molecule has 0 fully saturated rings. The molecule has 5 heteroatoms. The number of hydrogen-bond donors (Lipinski definition) is 2. The quantitative estimate of drug-likeness (QED) is 0.817. The molecule has 0 spiro atoms. The number of aryl methyl sites for hydroxylation is 1. The van der Waals surface area contributed by atoms with Crippen molar-refractivity contribution < 1.29 is 8.42 Å². The van der Waals surface area contributed by atoms with Gasteiger partial charge >= 0.3 is 0 Å². The van der Waals surface area contributed by atoms with E-state index in [4.69, 9.17) is 0 Å². The fourth-order valence-corrected chi connectivity index (χ4v) is 3.32. The van der Waals surface area contributed by atoms with Crippen LogP contribution in [0.4, 0.5) is 11.4 Å². The molecule has 0 aliphatic carbocycles. The molecular weight excluding hydrogens is 296 g/mol. The first kappa shape index (κ1) is 16.4. The smallest absolute Gasteiger partial charge is 0.232 e. The first-order chi connectivity index (χ1) is 10.5. The Morgan fingerprint density at radius 3 is 2.32 bits per heavy atom. The molecule has 2 aromatic carbocycles. The molecule has 0 amide bonds. The zero-order valence-corrected chi connectivity index (χ0v) is 13.8. The van der Waals surface area contributed by atoms with Crippen LogP contribution in [0.15, 0.2) is 48.5 Å². The molecule has 0 aromatic heterocycles. The minimum absolute atomic E-state index is 0.139. The second-order valence-electron chi connectivity index (χ2n) is 5.34. The van der Waals surface area contributed by atoms with E-state index in [0.717, 1.165) is 12.2 Å². The molecule has 0 saturated heterocycles. The molecule has 0 aliphatic rings. The molecule has 0 bridgehead atoms.